The summed E-state index contributed by atoms with van der Waals surface area (Å²) in [4.78, 5) is 33.9. The summed E-state index contributed by atoms with van der Waals surface area (Å²) in [5.41, 5.74) is -0.626. The van der Waals surface area contributed by atoms with Gasteiger partial charge < -0.3 is 9.15 Å². The number of nitro benzene ring substituents is 1. The number of unbranched alkanes of at least 4 members (excludes halogenated alkanes) is 2. The molecule has 0 bridgehead atoms. The number of non-ortho nitro benzene ring substituents is 1. The molecular formula is C15H15NO6. The second kappa shape index (κ2) is 6.84. The van der Waals surface area contributed by atoms with Crippen LogP contribution < -0.4 is 5.43 Å². The van der Waals surface area contributed by atoms with Crippen molar-refractivity contribution in [2.45, 2.75) is 26.2 Å². The zero-order valence-electron chi connectivity index (χ0n) is 12.0. The summed E-state index contributed by atoms with van der Waals surface area (Å²) in [6.45, 7) is 2.29. The summed E-state index contributed by atoms with van der Waals surface area (Å²) in [5, 5.41) is 10.8. The standard InChI is InChI=1S/C15H15NO6/c1-2-3-4-7-21-15(18)14-9-12(17)11-8-10(16(19)20)5-6-13(11)22-14/h5-6,8-9H,2-4,7H2,1H3. The number of hydrogen-bond acceptors (Lipinski definition) is 6. The number of fused-ring (bicyclic) bond motifs is 1. The first-order valence-corrected chi connectivity index (χ1v) is 6.92. The normalized spacial score (nSPS) is 10.6. The molecule has 0 radical (unpaired) electrons. The molecule has 0 saturated heterocycles. The molecule has 2 rings (SSSR count). The lowest BCUT2D eigenvalue weighted by atomic mass is 10.2. The summed E-state index contributed by atoms with van der Waals surface area (Å²) < 4.78 is 10.3. The molecule has 0 fully saturated rings. The third-order valence-electron chi connectivity index (χ3n) is 3.10. The Morgan fingerprint density at radius 2 is 2.09 bits per heavy atom. The monoisotopic (exact) mass is 305 g/mol. The minimum atomic E-state index is -0.714. The molecule has 0 N–H and O–H groups in total. The molecular weight excluding hydrogens is 290 g/mol. The Morgan fingerprint density at radius 1 is 1.32 bits per heavy atom. The van der Waals surface area contributed by atoms with E-state index in [4.69, 9.17) is 9.15 Å². The van der Waals surface area contributed by atoms with Crippen LogP contribution in [-0.2, 0) is 4.74 Å². The lowest BCUT2D eigenvalue weighted by Gasteiger charge is -2.04. The SMILES string of the molecule is CCCCCOC(=O)c1cc(=O)c2cc([N+](=O)[O-])ccc2o1. The Kier molecular flexibility index (Phi) is 4.88. The molecule has 0 atom stereocenters. The maximum Gasteiger partial charge on any atom is 0.374 e. The van der Waals surface area contributed by atoms with E-state index in [2.05, 4.69) is 0 Å². The van der Waals surface area contributed by atoms with E-state index in [-0.39, 0.29) is 29.0 Å². The molecule has 1 aromatic heterocycles. The first-order chi connectivity index (χ1) is 10.5. The number of rotatable bonds is 6. The second-order valence-corrected chi connectivity index (χ2v) is 4.76. The van der Waals surface area contributed by atoms with E-state index in [9.17, 15) is 19.7 Å². The molecule has 116 valence electrons. The average molecular weight is 305 g/mol. The van der Waals surface area contributed by atoms with Crippen molar-refractivity contribution in [2.75, 3.05) is 6.61 Å². The van der Waals surface area contributed by atoms with Gasteiger partial charge in [0.25, 0.3) is 5.69 Å². The molecule has 0 aliphatic rings. The van der Waals surface area contributed by atoms with E-state index in [1.807, 2.05) is 6.92 Å². The Morgan fingerprint density at radius 3 is 2.77 bits per heavy atom. The van der Waals surface area contributed by atoms with Gasteiger partial charge in [0, 0.05) is 18.2 Å². The highest BCUT2D eigenvalue weighted by molar-refractivity contribution is 5.89. The van der Waals surface area contributed by atoms with Gasteiger partial charge in [-0.3, -0.25) is 14.9 Å². The molecule has 0 aliphatic carbocycles. The molecule has 0 saturated carbocycles. The summed E-state index contributed by atoms with van der Waals surface area (Å²) in [6.07, 6.45) is 2.69. The van der Waals surface area contributed by atoms with E-state index >= 15 is 0 Å². The predicted molar refractivity (Wildman–Crippen MR) is 78.9 cm³/mol. The van der Waals surface area contributed by atoms with Crippen molar-refractivity contribution in [2.24, 2.45) is 0 Å². The van der Waals surface area contributed by atoms with Crippen LogP contribution >= 0.6 is 0 Å². The van der Waals surface area contributed by atoms with Crippen LogP contribution in [0.4, 0.5) is 5.69 Å². The molecule has 0 unspecified atom stereocenters. The van der Waals surface area contributed by atoms with Gasteiger partial charge in [0.1, 0.15) is 5.58 Å². The molecule has 1 heterocycles. The van der Waals surface area contributed by atoms with Crippen molar-refractivity contribution in [1.82, 2.24) is 0 Å². The van der Waals surface area contributed by atoms with Crippen molar-refractivity contribution in [1.29, 1.82) is 0 Å². The van der Waals surface area contributed by atoms with Gasteiger partial charge in [-0.15, -0.1) is 0 Å². The van der Waals surface area contributed by atoms with Crippen LogP contribution in [0.15, 0.2) is 33.5 Å². The number of nitro groups is 1. The smallest absolute Gasteiger partial charge is 0.374 e. The topological polar surface area (TPSA) is 99.7 Å². The van der Waals surface area contributed by atoms with E-state index in [1.54, 1.807) is 0 Å². The number of esters is 1. The van der Waals surface area contributed by atoms with Gasteiger partial charge in [-0.05, 0) is 12.5 Å². The van der Waals surface area contributed by atoms with Gasteiger partial charge in [0.15, 0.2) is 5.43 Å². The van der Waals surface area contributed by atoms with Gasteiger partial charge in [-0.25, -0.2) is 4.79 Å². The highest BCUT2D eigenvalue weighted by atomic mass is 16.6. The maximum absolute atomic E-state index is 12.0. The van der Waals surface area contributed by atoms with Gasteiger partial charge in [0.2, 0.25) is 5.76 Å². The molecule has 0 amide bonds. The Bertz CT molecular complexity index is 764. The number of carbonyl (C=O) groups is 1. The van der Waals surface area contributed by atoms with Crippen molar-refractivity contribution in [3.8, 4) is 0 Å². The van der Waals surface area contributed by atoms with Crippen LogP contribution in [0, 0.1) is 10.1 Å². The fraction of sp³-hybridized carbons (Fsp3) is 0.333. The minimum absolute atomic E-state index is 0.0525. The van der Waals surface area contributed by atoms with Gasteiger partial charge >= 0.3 is 5.97 Å². The summed E-state index contributed by atoms with van der Waals surface area (Å²) in [7, 11) is 0. The fourth-order valence-corrected chi connectivity index (χ4v) is 1.95. The Balaban J connectivity index is 2.26. The lowest BCUT2D eigenvalue weighted by Crippen LogP contribution is -2.11. The van der Waals surface area contributed by atoms with Crippen LogP contribution in [-0.4, -0.2) is 17.5 Å². The predicted octanol–water partition coefficient (Wildman–Crippen LogP) is 3.05. The molecule has 2 aromatic rings. The molecule has 1 aromatic carbocycles. The highest BCUT2D eigenvalue weighted by Gasteiger charge is 2.16. The zero-order chi connectivity index (χ0) is 16.1. The van der Waals surface area contributed by atoms with Crippen LogP contribution in [0.2, 0.25) is 0 Å². The first-order valence-electron chi connectivity index (χ1n) is 6.92. The Labute approximate surface area is 125 Å². The second-order valence-electron chi connectivity index (χ2n) is 4.76. The number of ether oxygens (including phenoxy) is 1. The van der Waals surface area contributed by atoms with Crippen molar-refractivity contribution >= 4 is 22.6 Å². The van der Waals surface area contributed by atoms with Gasteiger partial charge in [-0.1, -0.05) is 19.8 Å². The van der Waals surface area contributed by atoms with Gasteiger partial charge in [-0.2, -0.15) is 0 Å². The largest absolute Gasteiger partial charge is 0.460 e. The zero-order valence-corrected chi connectivity index (χ0v) is 12.0. The minimum Gasteiger partial charge on any atom is -0.460 e. The molecule has 0 spiro atoms. The van der Waals surface area contributed by atoms with Crippen LogP contribution in [0.25, 0.3) is 11.0 Å². The van der Waals surface area contributed by atoms with Crippen molar-refractivity contribution in [3.63, 3.8) is 0 Å². The van der Waals surface area contributed by atoms with Gasteiger partial charge in [0.05, 0.1) is 16.9 Å². The average Bonchev–Trinajstić information content (AvgIpc) is 2.50. The van der Waals surface area contributed by atoms with Crippen LogP contribution in [0.1, 0.15) is 36.7 Å². The van der Waals surface area contributed by atoms with Crippen LogP contribution in [0.5, 0.6) is 0 Å². The van der Waals surface area contributed by atoms with Crippen molar-refractivity contribution < 1.29 is 18.9 Å². The summed E-state index contributed by atoms with van der Waals surface area (Å²) in [6, 6.07) is 4.62. The quantitative estimate of drug-likeness (QED) is 0.352. The van der Waals surface area contributed by atoms with E-state index in [0.29, 0.717) is 0 Å². The van der Waals surface area contributed by atoms with E-state index < -0.39 is 16.3 Å². The lowest BCUT2D eigenvalue weighted by molar-refractivity contribution is -0.384. The Hall–Kier alpha value is -2.70. The molecule has 7 heteroatoms. The maximum atomic E-state index is 12.0. The molecule has 0 aliphatic heterocycles. The third kappa shape index (κ3) is 3.49. The number of hydrogen-bond donors (Lipinski definition) is 0. The number of carbonyl (C=O) groups excluding carboxylic acids is 1. The molecule has 22 heavy (non-hydrogen) atoms. The highest BCUT2D eigenvalue weighted by Crippen LogP contribution is 2.19. The van der Waals surface area contributed by atoms with Crippen molar-refractivity contribution in [3.05, 3.63) is 50.4 Å². The summed E-state index contributed by atoms with van der Waals surface area (Å²) >= 11 is 0. The third-order valence-corrected chi connectivity index (χ3v) is 3.10. The molecule has 7 nitrogen and oxygen atoms in total. The number of nitrogens with zero attached hydrogens (tertiary/aromatic N) is 1. The fourth-order valence-electron chi connectivity index (χ4n) is 1.95. The first kappa shape index (κ1) is 15.7. The number of benzene rings is 1. The van der Waals surface area contributed by atoms with E-state index in [0.717, 1.165) is 31.4 Å². The summed E-state index contributed by atoms with van der Waals surface area (Å²) in [5.74, 6) is -0.920. The van der Waals surface area contributed by atoms with E-state index in [1.165, 1.54) is 12.1 Å². The van der Waals surface area contributed by atoms with Crippen LogP contribution in [0.3, 0.4) is 0 Å².